The molecule has 16 heavy (non-hydrogen) atoms. The first-order chi connectivity index (χ1) is 7.36. The van der Waals surface area contributed by atoms with Crippen LogP contribution in [0.2, 0.25) is 0 Å². The number of carbonyl (C=O) groups is 1. The first-order valence-electron chi connectivity index (χ1n) is 5.39. The van der Waals surface area contributed by atoms with Gasteiger partial charge in [-0.05, 0) is 11.5 Å². The molecule has 0 saturated carbocycles. The number of hydrogen-bond acceptors (Lipinski definition) is 3. The molecule has 0 bridgehead atoms. The van der Waals surface area contributed by atoms with E-state index in [1.54, 1.807) is 19.1 Å². The van der Waals surface area contributed by atoms with Gasteiger partial charge in [0.05, 0.1) is 0 Å². The van der Waals surface area contributed by atoms with Crippen molar-refractivity contribution in [3.05, 3.63) is 23.8 Å². The van der Waals surface area contributed by atoms with Gasteiger partial charge in [0.1, 0.15) is 0 Å². The molecule has 0 aromatic heterocycles. The Morgan fingerprint density at radius 1 is 1.38 bits per heavy atom. The van der Waals surface area contributed by atoms with Crippen LogP contribution in [0.25, 0.3) is 0 Å². The maximum absolute atomic E-state index is 11.2. The zero-order valence-corrected chi connectivity index (χ0v) is 10.2. The van der Waals surface area contributed by atoms with Crippen LogP contribution in [-0.4, -0.2) is 11.1 Å². The first-order valence-corrected chi connectivity index (χ1v) is 5.39. The molecule has 0 heterocycles. The summed E-state index contributed by atoms with van der Waals surface area (Å²) in [5.41, 5.74) is 0.590. The van der Waals surface area contributed by atoms with Crippen molar-refractivity contribution in [1.82, 2.24) is 0 Å². The molecule has 0 atom stereocenters. The largest absolute Gasteiger partial charge is 0.504 e. The number of hydrogen-bond donors (Lipinski definition) is 1. The van der Waals surface area contributed by atoms with Gasteiger partial charge in [0, 0.05) is 12.0 Å². The summed E-state index contributed by atoms with van der Waals surface area (Å²) in [6.45, 7) is 7.70. The molecule has 1 aromatic carbocycles. The Balaban J connectivity index is 3.09. The van der Waals surface area contributed by atoms with Gasteiger partial charge in [0.25, 0.3) is 0 Å². The molecule has 0 amide bonds. The van der Waals surface area contributed by atoms with Crippen molar-refractivity contribution in [1.29, 1.82) is 0 Å². The first kappa shape index (κ1) is 12.6. The number of benzene rings is 1. The third-order valence-corrected chi connectivity index (χ3v) is 2.32. The Morgan fingerprint density at radius 2 is 2.00 bits per heavy atom. The SMILES string of the molecule is CCC(=O)Oc1cccc(C(C)(C)C)c1O. The number of phenolic OH excluding ortho intramolecular Hbond substituents is 1. The average molecular weight is 222 g/mol. The van der Waals surface area contributed by atoms with Crippen LogP contribution in [0.15, 0.2) is 18.2 Å². The van der Waals surface area contributed by atoms with Gasteiger partial charge in [-0.3, -0.25) is 4.79 Å². The van der Waals surface area contributed by atoms with E-state index < -0.39 is 0 Å². The van der Waals surface area contributed by atoms with Gasteiger partial charge in [0.2, 0.25) is 0 Å². The highest BCUT2D eigenvalue weighted by atomic mass is 16.5. The zero-order valence-electron chi connectivity index (χ0n) is 10.2. The summed E-state index contributed by atoms with van der Waals surface area (Å²) in [7, 11) is 0. The third kappa shape index (κ3) is 2.75. The van der Waals surface area contributed by atoms with Gasteiger partial charge in [-0.15, -0.1) is 0 Å². The van der Waals surface area contributed by atoms with Gasteiger partial charge in [-0.25, -0.2) is 0 Å². The van der Waals surface area contributed by atoms with Crippen molar-refractivity contribution < 1.29 is 14.6 Å². The van der Waals surface area contributed by atoms with Crippen molar-refractivity contribution in [2.45, 2.75) is 39.5 Å². The van der Waals surface area contributed by atoms with Gasteiger partial charge >= 0.3 is 5.97 Å². The highest BCUT2D eigenvalue weighted by molar-refractivity contribution is 5.73. The van der Waals surface area contributed by atoms with Crippen molar-refractivity contribution >= 4 is 5.97 Å². The number of esters is 1. The van der Waals surface area contributed by atoms with Crippen molar-refractivity contribution in [3.63, 3.8) is 0 Å². The minimum Gasteiger partial charge on any atom is -0.504 e. The molecule has 3 nitrogen and oxygen atoms in total. The molecular weight excluding hydrogens is 204 g/mol. The Morgan fingerprint density at radius 3 is 2.50 bits per heavy atom. The maximum Gasteiger partial charge on any atom is 0.311 e. The number of phenols is 1. The fraction of sp³-hybridized carbons (Fsp3) is 0.462. The van der Waals surface area contributed by atoms with Crippen molar-refractivity contribution in [2.75, 3.05) is 0 Å². The molecule has 0 fully saturated rings. The van der Waals surface area contributed by atoms with Crippen LogP contribution in [0.3, 0.4) is 0 Å². The smallest absolute Gasteiger partial charge is 0.311 e. The van der Waals surface area contributed by atoms with E-state index in [0.717, 1.165) is 5.56 Å². The molecule has 88 valence electrons. The van der Waals surface area contributed by atoms with E-state index in [1.165, 1.54) is 0 Å². The maximum atomic E-state index is 11.2. The van der Waals surface area contributed by atoms with Crippen molar-refractivity contribution in [2.24, 2.45) is 0 Å². The average Bonchev–Trinajstić information content (AvgIpc) is 2.19. The van der Waals surface area contributed by atoms with Crippen LogP contribution >= 0.6 is 0 Å². The lowest BCUT2D eigenvalue weighted by Gasteiger charge is -2.21. The lowest BCUT2D eigenvalue weighted by molar-refractivity contribution is -0.134. The zero-order chi connectivity index (χ0) is 12.3. The minimum atomic E-state index is -0.346. The standard InChI is InChI=1S/C13H18O3/c1-5-11(14)16-10-8-6-7-9(12(10)15)13(2,3)4/h6-8,15H,5H2,1-4H3. The van der Waals surface area contributed by atoms with E-state index in [9.17, 15) is 9.90 Å². The normalized spacial score (nSPS) is 11.2. The highest BCUT2D eigenvalue weighted by Crippen LogP contribution is 2.37. The quantitative estimate of drug-likeness (QED) is 0.618. The summed E-state index contributed by atoms with van der Waals surface area (Å²) in [5, 5.41) is 9.99. The van der Waals surface area contributed by atoms with E-state index >= 15 is 0 Å². The van der Waals surface area contributed by atoms with E-state index in [2.05, 4.69) is 0 Å². The molecule has 0 spiro atoms. The topological polar surface area (TPSA) is 46.5 Å². The Bertz CT molecular complexity index is 389. The molecule has 0 saturated heterocycles. The second-order valence-corrected chi connectivity index (χ2v) is 4.73. The van der Waals surface area contributed by atoms with Crippen LogP contribution < -0.4 is 4.74 Å². The van der Waals surface area contributed by atoms with Gasteiger partial charge in [-0.2, -0.15) is 0 Å². The Hall–Kier alpha value is -1.51. The van der Waals surface area contributed by atoms with Crippen LogP contribution in [-0.2, 0) is 10.2 Å². The van der Waals surface area contributed by atoms with Crippen LogP contribution in [0.1, 0.15) is 39.7 Å². The molecule has 3 heteroatoms. The summed E-state index contributed by atoms with van der Waals surface area (Å²) in [6, 6.07) is 5.20. The number of aromatic hydroxyl groups is 1. The monoisotopic (exact) mass is 222 g/mol. The molecule has 0 radical (unpaired) electrons. The fourth-order valence-electron chi connectivity index (χ4n) is 1.40. The summed E-state index contributed by atoms with van der Waals surface area (Å²) >= 11 is 0. The number of para-hydroxylation sites is 1. The van der Waals surface area contributed by atoms with E-state index in [4.69, 9.17) is 4.74 Å². The van der Waals surface area contributed by atoms with Crippen molar-refractivity contribution in [3.8, 4) is 11.5 Å². The van der Waals surface area contributed by atoms with Gasteiger partial charge in [0.15, 0.2) is 11.5 Å². The van der Waals surface area contributed by atoms with Crippen LogP contribution in [0.4, 0.5) is 0 Å². The fourth-order valence-corrected chi connectivity index (χ4v) is 1.40. The van der Waals surface area contributed by atoms with Gasteiger partial charge < -0.3 is 9.84 Å². The number of ether oxygens (including phenoxy) is 1. The second kappa shape index (κ2) is 4.56. The third-order valence-electron chi connectivity index (χ3n) is 2.32. The predicted octanol–water partition coefficient (Wildman–Crippen LogP) is 3.01. The molecule has 0 aliphatic rings. The molecule has 0 aliphatic carbocycles. The van der Waals surface area contributed by atoms with Crippen LogP contribution in [0.5, 0.6) is 11.5 Å². The molecule has 0 aliphatic heterocycles. The molecule has 0 unspecified atom stereocenters. The van der Waals surface area contributed by atoms with E-state index in [0.29, 0.717) is 6.42 Å². The Labute approximate surface area is 96.1 Å². The van der Waals surface area contributed by atoms with Gasteiger partial charge in [-0.1, -0.05) is 39.8 Å². The molecule has 1 N–H and O–H groups in total. The summed E-state index contributed by atoms with van der Waals surface area (Å²) in [6.07, 6.45) is 0.291. The minimum absolute atomic E-state index is 0.0526. The molecular formula is C13H18O3. The Kier molecular flexibility index (Phi) is 3.58. The van der Waals surface area contributed by atoms with E-state index in [-0.39, 0.29) is 22.9 Å². The second-order valence-electron chi connectivity index (χ2n) is 4.73. The number of carbonyl (C=O) groups excluding carboxylic acids is 1. The number of rotatable bonds is 2. The predicted molar refractivity (Wildman–Crippen MR) is 62.7 cm³/mol. The molecule has 1 aromatic rings. The lowest BCUT2D eigenvalue weighted by Crippen LogP contribution is -2.12. The highest BCUT2D eigenvalue weighted by Gasteiger charge is 2.21. The summed E-state index contributed by atoms with van der Waals surface area (Å²) in [4.78, 5) is 11.2. The van der Waals surface area contributed by atoms with Crippen LogP contribution in [0, 0.1) is 0 Å². The van der Waals surface area contributed by atoms with E-state index in [1.807, 2.05) is 26.8 Å². The summed E-state index contributed by atoms with van der Waals surface area (Å²) < 4.78 is 5.04. The lowest BCUT2D eigenvalue weighted by atomic mass is 9.86. The summed E-state index contributed by atoms with van der Waals surface area (Å²) in [5.74, 6) is -0.0579. The molecule has 1 rings (SSSR count).